The summed E-state index contributed by atoms with van der Waals surface area (Å²) in [5.74, 6) is 1.09. The fraction of sp³-hybridized carbons (Fsp3) is 0.545. The molecule has 1 aromatic heterocycles. The third-order valence-corrected chi connectivity index (χ3v) is 2.44. The zero-order chi connectivity index (χ0) is 11.1. The van der Waals surface area contributed by atoms with Gasteiger partial charge in [-0.05, 0) is 12.8 Å². The normalized spacial score (nSPS) is 9.53. The number of nitrogens with zero attached hydrogens (tertiary/aromatic N) is 4. The van der Waals surface area contributed by atoms with Crippen LogP contribution in [0.25, 0.3) is 0 Å². The summed E-state index contributed by atoms with van der Waals surface area (Å²) in [7, 11) is 0. The van der Waals surface area contributed by atoms with Crippen molar-refractivity contribution in [2.75, 3.05) is 0 Å². The predicted octanol–water partition coefficient (Wildman–Crippen LogP) is 1.30. The zero-order valence-corrected chi connectivity index (χ0v) is 8.98. The van der Waals surface area contributed by atoms with Gasteiger partial charge in [0.05, 0.1) is 12.6 Å². The van der Waals surface area contributed by atoms with E-state index in [2.05, 4.69) is 16.7 Å². The lowest BCUT2D eigenvalue weighted by atomic mass is 10.2. The molecule has 4 heteroatoms. The van der Waals surface area contributed by atoms with Crippen LogP contribution in [0.5, 0.6) is 0 Å². The second-order valence-corrected chi connectivity index (χ2v) is 3.44. The quantitative estimate of drug-likeness (QED) is 0.535. The summed E-state index contributed by atoms with van der Waals surface area (Å²) in [6, 6.07) is 4.26. The molecule has 15 heavy (non-hydrogen) atoms. The van der Waals surface area contributed by atoms with Crippen LogP contribution in [0.4, 0.5) is 0 Å². The predicted molar refractivity (Wildman–Crippen MR) is 54.4 cm³/mol. The number of imidazole rings is 1. The van der Waals surface area contributed by atoms with Crippen LogP contribution in [0, 0.1) is 29.6 Å². The summed E-state index contributed by atoms with van der Waals surface area (Å²) < 4.78 is 4.04. The maximum Gasteiger partial charge on any atom is 0.254 e. The van der Waals surface area contributed by atoms with Gasteiger partial charge in [-0.25, -0.2) is 9.13 Å². The van der Waals surface area contributed by atoms with Crippen LogP contribution in [0.1, 0.15) is 25.1 Å². The van der Waals surface area contributed by atoms with Crippen molar-refractivity contribution in [3.63, 3.8) is 0 Å². The minimum absolute atomic E-state index is 0.400. The molecule has 1 aromatic rings. The fourth-order valence-corrected chi connectivity index (χ4v) is 1.51. The smallest absolute Gasteiger partial charge is 0.234 e. The van der Waals surface area contributed by atoms with Crippen LogP contribution in [0.2, 0.25) is 0 Å². The standard InChI is InChI=1S/C11H15N4/c1-11-14(7-4-2-3-5-12)9-10-15(11)8-6-13/h9-10H,2-4,7-8H2,1H3/q+1. The van der Waals surface area contributed by atoms with Gasteiger partial charge in [0.15, 0.2) is 6.54 Å². The van der Waals surface area contributed by atoms with Gasteiger partial charge < -0.3 is 0 Å². The summed E-state index contributed by atoms with van der Waals surface area (Å²) >= 11 is 0. The Hall–Kier alpha value is -1.81. The highest BCUT2D eigenvalue weighted by molar-refractivity contribution is 4.85. The van der Waals surface area contributed by atoms with Gasteiger partial charge in [-0.3, -0.25) is 0 Å². The molecule has 0 aliphatic heterocycles. The van der Waals surface area contributed by atoms with E-state index in [0.29, 0.717) is 13.0 Å². The van der Waals surface area contributed by atoms with Crippen molar-refractivity contribution >= 4 is 0 Å². The summed E-state index contributed by atoms with van der Waals surface area (Å²) in [5, 5.41) is 17.0. The van der Waals surface area contributed by atoms with Gasteiger partial charge in [0.2, 0.25) is 0 Å². The molecule has 0 radical (unpaired) electrons. The van der Waals surface area contributed by atoms with Gasteiger partial charge in [0.25, 0.3) is 5.82 Å². The van der Waals surface area contributed by atoms with Gasteiger partial charge in [0, 0.05) is 13.3 Å². The van der Waals surface area contributed by atoms with Crippen molar-refractivity contribution in [1.29, 1.82) is 10.5 Å². The minimum Gasteiger partial charge on any atom is -0.234 e. The van der Waals surface area contributed by atoms with Crippen molar-refractivity contribution < 1.29 is 4.57 Å². The monoisotopic (exact) mass is 203 g/mol. The molecule has 1 heterocycles. The first kappa shape index (κ1) is 11.3. The van der Waals surface area contributed by atoms with E-state index in [-0.39, 0.29) is 0 Å². The molecule has 0 amide bonds. The van der Waals surface area contributed by atoms with E-state index >= 15 is 0 Å². The lowest BCUT2D eigenvalue weighted by Crippen LogP contribution is -2.35. The zero-order valence-electron chi connectivity index (χ0n) is 8.98. The van der Waals surface area contributed by atoms with E-state index in [1.165, 1.54) is 0 Å². The van der Waals surface area contributed by atoms with Crippen molar-refractivity contribution in [2.45, 2.75) is 39.3 Å². The Morgan fingerprint density at radius 1 is 1.33 bits per heavy atom. The summed E-state index contributed by atoms with van der Waals surface area (Å²) in [6.45, 7) is 3.32. The van der Waals surface area contributed by atoms with Gasteiger partial charge >= 0.3 is 0 Å². The fourth-order valence-electron chi connectivity index (χ4n) is 1.51. The van der Waals surface area contributed by atoms with Gasteiger partial charge in [-0.1, -0.05) is 0 Å². The van der Waals surface area contributed by atoms with Crippen LogP contribution in [0.15, 0.2) is 12.4 Å². The Kier molecular flexibility index (Phi) is 4.37. The van der Waals surface area contributed by atoms with E-state index in [1.807, 2.05) is 23.9 Å². The number of hydrogen-bond donors (Lipinski definition) is 0. The van der Waals surface area contributed by atoms with Crippen LogP contribution >= 0.6 is 0 Å². The molecular formula is C11H15N4+. The van der Waals surface area contributed by atoms with Gasteiger partial charge in [-0.15, -0.1) is 0 Å². The molecule has 0 atom stereocenters. The molecule has 0 aromatic carbocycles. The molecule has 0 aliphatic carbocycles. The van der Waals surface area contributed by atoms with Crippen LogP contribution < -0.4 is 4.57 Å². The Morgan fingerprint density at radius 2 is 2.13 bits per heavy atom. The number of hydrogen-bond acceptors (Lipinski definition) is 2. The number of aromatic nitrogens is 2. The second kappa shape index (κ2) is 5.82. The molecule has 4 nitrogen and oxygen atoms in total. The summed E-state index contributed by atoms with van der Waals surface area (Å²) in [5.41, 5.74) is 0. The van der Waals surface area contributed by atoms with E-state index in [0.717, 1.165) is 25.2 Å². The number of rotatable bonds is 5. The highest BCUT2D eigenvalue weighted by Crippen LogP contribution is 1.97. The SMILES string of the molecule is Cc1n(CC#N)cc[n+]1CCCCC#N. The molecule has 1 rings (SSSR count). The third-order valence-electron chi connectivity index (χ3n) is 2.44. The van der Waals surface area contributed by atoms with Crippen LogP contribution in [-0.4, -0.2) is 4.57 Å². The van der Waals surface area contributed by atoms with Crippen molar-refractivity contribution in [1.82, 2.24) is 4.57 Å². The first-order chi connectivity index (χ1) is 7.29. The first-order valence-electron chi connectivity index (χ1n) is 5.08. The third kappa shape index (κ3) is 3.11. The largest absolute Gasteiger partial charge is 0.254 e. The number of aryl methyl sites for hydroxylation is 1. The van der Waals surface area contributed by atoms with Gasteiger partial charge in [-0.2, -0.15) is 10.5 Å². The van der Waals surface area contributed by atoms with E-state index in [4.69, 9.17) is 10.5 Å². The Bertz CT molecular complexity index is 392. The highest BCUT2D eigenvalue weighted by atomic mass is 15.1. The molecule has 0 N–H and O–H groups in total. The molecule has 0 spiro atoms. The molecule has 0 saturated heterocycles. The first-order valence-corrected chi connectivity index (χ1v) is 5.08. The lowest BCUT2D eigenvalue weighted by molar-refractivity contribution is -0.702. The average Bonchev–Trinajstić information content (AvgIpc) is 2.57. The van der Waals surface area contributed by atoms with Crippen LogP contribution in [0.3, 0.4) is 0 Å². The lowest BCUT2D eigenvalue weighted by Gasteiger charge is -1.97. The Balaban J connectivity index is 2.49. The second-order valence-electron chi connectivity index (χ2n) is 3.44. The number of nitriles is 2. The Morgan fingerprint density at radius 3 is 2.80 bits per heavy atom. The molecule has 0 aliphatic rings. The molecular weight excluding hydrogens is 188 g/mol. The van der Waals surface area contributed by atoms with E-state index in [9.17, 15) is 0 Å². The minimum atomic E-state index is 0.400. The highest BCUT2D eigenvalue weighted by Gasteiger charge is 2.10. The Labute approximate surface area is 90.0 Å². The van der Waals surface area contributed by atoms with Crippen molar-refractivity contribution in [3.8, 4) is 12.1 Å². The van der Waals surface area contributed by atoms with Crippen LogP contribution in [-0.2, 0) is 13.1 Å². The molecule has 0 unspecified atom stereocenters. The maximum atomic E-state index is 8.58. The molecule has 0 saturated carbocycles. The topological polar surface area (TPSA) is 56.4 Å². The number of unbranched alkanes of at least 4 members (excludes halogenated alkanes) is 2. The maximum absolute atomic E-state index is 8.58. The summed E-state index contributed by atoms with van der Waals surface area (Å²) in [4.78, 5) is 0. The average molecular weight is 203 g/mol. The molecule has 0 bridgehead atoms. The van der Waals surface area contributed by atoms with Crippen molar-refractivity contribution in [3.05, 3.63) is 18.2 Å². The summed E-state index contributed by atoms with van der Waals surface area (Å²) in [6.07, 6.45) is 6.47. The van der Waals surface area contributed by atoms with E-state index in [1.54, 1.807) is 0 Å². The van der Waals surface area contributed by atoms with Crippen molar-refractivity contribution in [2.24, 2.45) is 0 Å². The van der Waals surface area contributed by atoms with E-state index < -0.39 is 0 Å². The van der Waals surface area contributed by atoms with Gasteiger partial charge in [0.1, 0.15) is 18.5 Å². The molecule has 0 fully saturated rings. The molecule has 78 valence electrons.